The van der Waals surface area contributed by atoms with Crippen LogP contribution in [0.5, 0.6) is 0 Å². The van der Waals surface area contributed by atoms with E-state index in [1.165, 1.54) is 24.3 Å². The molecule has 0 atom stereocenters. The average molecular weight is 292 g/mol. The summed E-state index contributed by atoms with van der Waals surface area (Å²) in [5, 5.41) is 0.358. The monoisotopic (exact) mass is 291 g/mol. The Morgan fingerprint density at radius 1 is 1.10 bits per heavy atom. The maximum atomic E-state index is 14.6. The summed E-state index contributed by atoms with van der Waals surface area (Å²) in [5.74, 6) is -1.16. The zero-order chi connectivity index (χ0) is 14.3. The molecule has 3 rings (SSSR count). The predicted molar refractivity (Wildman–Crippen MR) is 74.3 cm³/mol. The van der Waals surface area contributed by atoms with Crippen molar-refractivity contribution < 1.29 is 8.78 Å². The van der Waals surface area contributed by atoms with Gasteiger partial charge < -0.3 is 5.73 Å². The predicted octanol–water partition coefficient (Wildman–Crippen LogP) is 3.81. The molecule has 6 heteroatoms. The number of nitrogens with two attached hydrogens (primary N) is 1. The van der Waals surface area contributed by atoms with E-state index in [4.69, 9.17) is 17.3 Å². The smallest absolute Gasteiger partial charge is 0.159 e. The van der Waals surface area contributed by atoms with Crippen LogP contribution in [0.4, 0.5) is 14.6 Å². The third kappa shape index (κ3) is 1.87. The third-order valence-corrected chi connectivity index (χ3v) is 3.29. The van der Waals surface area contributed by atoms with Crippen molar-refractivity contribution in [3.8, 4) is 11.1 Å². The van der Waals surface area contributed by atoms with Crippen molar-refractivity contribution in [1.82, 2.24) is 9.97 Å². The van der Waals surface area contributed by atoms with E-state index in [2.05, 4.69) is 9.97 Å². The molecule has 0 unspecified atom stereocenters. The van der Waals surface area contributed by atoms with Gasteiger partial charge in [-0.05, 0) is 12.1 Å². The Hall–Kier alpha value is -2.27. The normalized spacial score (nSPS) is 10.9. The molecule has 0 saturated heterocycles. The summed E-state index contributed by atoms with van der Waals surface area (Å²) in [6.45, 7) is 0. The number of fused-ring (bicyclic) bond motifs is 1. The van der Waals surface area contributed by atoms with Gasteiger partial charge in [-0.15, -0.1) is 0 Å². The molecule has 1 heterocycles. The Balaban J connectivity index is 2.41. The molecule has 3 nitrogen and oxygen atoms in total. The minimum absolute atomic E-state index is 0.0140. The molecule has 20 heavy (non-hydrogen) atoms. The topological polar surface area (TPSA) is 51.8 Å². The van der Waals surface area contributed by atoms with Crippen molar-refractivity contribution in [3.63, 3.8) is 0 Å². The van der Waals surface area contributed by atoms with Crippen LogP contribution in [0.15, 0.2) is 36.7 Å². The van der Waals surface area contributed by atoms with E-state index >= 15 is 0 Å². The Kier molecular flexibility index (Phi) is 2.99. The van der Waals surface area contributed by atoms with E-state index in [0.29, 0.717) is 5.39 Å². The van der Waals surface area contributed by atoms with Gasteiger partial charge in [-0.3, -0.25) is 0 Å². The second-order valence-electron chi connectivity index (χ2n) is 4.18. The lowest BCUT2D eigenvalue weighted by Crippen LogP contribution is -1.98. The molecule has 0 bridgehead atoms. The maximum absolute atomic E-state index is 14.6. The van der Waals surface area contributed by atoms with Gasteiger partial charge in [0.15, 0.2) is 5.82 Å². The lowest BCUT2D eigenvalue weighted by Gasteiger charge is -2.10. The molecule has 0 aliphatic carbocycles. The van der Waals surface area contributed by atoms with Crippen LogP contribution in [-0.2, 0) is 0 Å². The number of anilines is 1. The highest BCUT2D eigenvalue weighted by Gasteiger charge is 2.19. The average Bonchev–Trinajstić information content (AvgIpc) is 2.42. The highest BCUT2D eigenvalue weighted by atomic mass is 35.5. The van der Waals surface area contributed by atoms with Crippen molar-refractivity contribution in [2.45, 2.75) is 0 Å². The summed E-state index contributed by atoms with van der Waals surface area (Å²) in [4.78, 5) is 7.63. The Bertz CT molecular complexity index is 821. The molecule has 100 valence electrons. The zero-order valence-electron chi connectivity index (χ0n) is 10.1. The second-order valence-corrected chi connectivity index (χ2v) is 4.59. The second kappa shape index (κ2) is 4.68. The van der Waals surface area contributed by atoms with E-state index in [1.807, 2.05) is 0 Å². The molecule has 0 aliphatic rings. The van der Waals surface area contributed by atoms with E-state index in [9.17, 15) is 8.78 Å². The fraction of sp³-hybridized carbons (Fsp3) is 0. The first-order chi connectivity index (χ1) is 9.59. The maximum Gasteiger partial charge on any atom is 0.159 e. The number of rotatable bonds is 1. The lowest BCUT2D eigenvalue weighted by atomic mass is 10.0. The SMILES string of the molecule is Nc1ncnc2c(F)c(-c3ccccc3F)c(Cl)cc12. The molecule has 2 N–H and O–H groups in total. The summed E-state index contributed by atoms with van der Waals surface area (Å²) in [6.07, 6.45) is 1.15. The van der Waals surface area contributed by atoms with Crippen molar-refractivity contribution in [2.75, 3.05) is 5.73 Å². The fourth-order valence-electron chi connectivity index (χ4n) is 2.06. The first kappa shape index (κ1) is 12.7. The van der Waals surface area contributed by atoms with Crippen LogP contribution in [0.1, 0.15) is 0 Å². The van der Waals surface area contributed by atoms with Gasteiger partial charge in [-0.25, -0.2) is 18.7 Å². The van der Waals surface area contributed by atoms with E-state index < -0.39 is 11.6 Å². The minimum Gasteiger partial charge on any atom is -0.383 e. The van der Waals surface area contributed by atoms with Crippen LogP contribution in [0.3, 0.4) is 0 Å². The standard InChI is InChI=1S/C14H8ClF2N3/c15-9-5-8-13(19-6-20-14(8)18)12(17)11(9)7-3-1-2-4-10(7)16/h1-6H,(H2,18,19,20). The van der Waals surface area contributed by atoms with Crippen LogP contribution in [0, 0.1) is 11.6 Å². The first-order valence-electron chi connectivity index (χ1n) is 5.72. The molecule has 3 aromatic rings. The first-order valence-corrected chi connectivity index (χ1v) is 6.10. The van der Waals surface area contributed by atoms with E-state index in [0.717, 1.165) is 6.33 Å². The molecular weight excluding hydrogens is 284 g/mol. The number of aromatic nitrogens is 2. The molecule has 0 saturated carbocycles. The lowest BCUT2D eigenvalue weighted by molar-refractivity contribution is 0.620. The van der Waals surface area contributed by atoms with Crippen LogP contribution in [0.2, 0.25) is 5.02 Å². The van der Waals surface area contributed by atoms with Crippen LogP contribution in [-0.4, -0.2) is 9.97 Å². The quantitative estimate of drug-likeness (QED) is 0.742. The van der Waals surface area contributed by atoms with E-state index in [-0.39, 0.29) is 27.5 Å². The van der Waals surface area contributed by atoms with Gasteiger partial charge in [0.1, 0.15) is 23.5 Å². The highest BCUT2D eigenvalue weighted by molar-refractivity contribution is 6.34. The molecule has 0 amide bonds. The number of benzene rings is 2. The number of hydrogen-bond acceptors (Lipinski definition) is 3. The van der Waals surface area contributed by atoms with Crippen LogP contribution >= 0.6 is 11.6 Å². The van der Waals surface area contributed by atoms with Crippen LogP contribution in [0.25, 0.3) is 22.0 Å². The van der Waals surface area contributed by atoms with Gasteiger partial charge in [0.25, 0.3) is 0 Å². The number of hydrogen-bond donors (Lipinski definition) is 1. The third-order valence-electron chi connectivity index (χ3n) is 3.00. The largest absolute Gasteiger partial charge is 0.383 e. The molecule has 0 spiro atoms. The van der Waals surface area contributed by atoms with Crippen molar-refractivity contribution in [3.05, 3.63) is 53.3 Å². The molecule has 0 radical (unpaired) electrons. The molecular formula is C14H8ClF2N3. The molecule has 1 aromatic heterocycles. The van der Waals surface area contributed by atoms with Crippen LogP contribution < -0.4 is 5.73 Å². The van der Waals surface area contributed by atoms with Gasteiger partial charge >= 0.3 is 0 Å². The summed E-state index contributed by atoms with van der Waals surface area (Å²) in [5.41, 5.74) is 5.72. The highest BCUT2D eigenvalue weighted by Crippen LogP contribution is 2.37. The summed E-state index contributed by atoms with van der Waals surface area (Å²) < 4.78 is 28.4. The fourth-order valence-corrected chi connectivity index (χ4v) is 2.35. The summed E-state index contributed by atoms with van der Waals surface area (Å²) >= 11 is 6.07. The summed E-state index contributed by atoms with van der Waals surface area (Å²) in [7, 11) is 0. The Morgan fingerprint density at radius 2 is 1.85 bits per heavy atom. The number of nitrogen functional groups attached to an aromatic ring is 1. The van der Waals surface area contributed by atoms with E-state index in [1.54, 1.807) is 6.07 Å². The molecule has 0 fully saturated rings. The van der Waals surface area contributed by atoms with Gasteiger partial charge in [0.05, 0.1) is 5.02 Å². The Labute approximate surface area is 118 Å². The van der Waals surface area contributed by atoms with Gasteiger partial charge in [0, 0.05) is 16.5 Å². The van der Waals surface area contributed by atoms with Crippen molar-refractivity contribution in [2.24, 2.45) is 0 Å². The summed E-state index contributed by atoms with van der Waals surface area (Å²) in [6, 6.07) is 7.26. The Morgan fingerprint density at radius 3 is 2.60 bits per heavy atom. The van der Waals surface area contributed by atoms with Gasteiger partial charge in [0.2, 0.25) is 0 Å². The van der Waals surface area contributed by atoms with Gasteiger partial charge in [-0.1, -0.05) is 29.8 Å². The number of halogens is 3. The minimum atomic E-state index is -0.716. The zero-order valence-corrected chi connectivity index (χ0v) is 10.8. The number of nitrogens with zero attached hydrogens (tertiary/aromatic N) is 2. The van der Waals surface area contributed by atoms with Gasteiger partial charge in [-0.2, -0.15) is 0 Å². The molecule has 2 aromatic carbocycles. The van der Waals surface area contributed by atoms with Crippen molar-refractivity contribution >= 4 is 28.3 Å². The van der Waals surface area contributed by atoms with Crippen molar-refractivity contribution in [1.29, 1.82) is 0 Å². The molecule has 0 aliphatic heterocycles.